The van der Waals surface area contributed by atoms with Crippen molar-refractivity contribution in [2.24, 2.45) is 0 Å². The van der Waals surface area contributed by atoms with Crippen molar-refractivity contribution in [3.8, 4) is 11.5 Å². The maximum atomic E-state index is 5.31. The van der Waals surface area contributed by atoms with Crippen LogP contribution in [-0.4, -0.2) is 21.0 Å². The summed E-state index contributed by atoms with van der Waals surface area (Å²) in [6, 6.07) is 5.73. The molecule has 4 heteroatoms. The van der Waals surface area contributed by atoms with E-state index in [1.807, 2.05) is 18.2 Å². The van der Waals surface area contributed by atoms with E-state index in [2.05, 4.69) is 22.6 Å². The van der Waals surface area contributed by atoms with Gasteiger partial charge in [0.25, 0.3) is 0 Å². The summed E-state index contributed by atoms with van der Waals surface area (Å²) < 4.78 is 16.3. The third kappa shape index (κ3) is 3.04. The standard InChI is InChI=1S/C9H11IO3/c1-11-6-13-9-5-7(10)3-4-8(9)12-2/h3-5H,6H2,1-2H3. The number of benzene rings is 1. The van der Waals surface area contributed by atoms with Gasteiger partial charge in [-0.1, -0.05) is 0 Å². The molecule has 0 saturated heterocycles. The van der Waals surface area contributed by atoms with Crippen LogP contribution in [0, 0.1) is 3.57 Å². The third-order valence-electron chi connectivity index (χ3n) is 1.46. The molecule has 0 N–H and O–H groups in total. The number of hydrogen-bond acceptors (Lipinski definition) is 3. The van der Waals surface area contributed by atoms with Crippen LogP contribution < -0.4 is 9.47 Å². The Balaban J connectivity index is 2.81. The molecule has 0 radical (unpaired) electrons. The molecule has 0 spiro atoms. The van der Waals surface area contributed by atoms with Gasteiger partial charge in [-0.2, -0.15) is 0 Å². The van der Waals surface area contributed by atoms with Crippen molar-refractivity contribution in [2.75, 3.05) is 21.0 Å². The first-order valence-electron chi connectivity index (χ1n) is 3.73. The van der Waals surface area contributed by atoms with Gasteiger partial charge in [0, 0.05) is 10.7 Å². The summed E-state index contributed by atoms with van der Waals surface area (Å²) in [7, 11) is 3.20. The monoisotopic (exact) mass is 294 g/mol. The molecule has 0 bridgehead atoms. The van der Waals surface area contributed by atoms with Crippen molar-refractivity contribution >= 4 is 22.6 Å². The van der Waals surface area contributed by atoms with Crippen molar-refractivity contribution in [3.05, 3.63) is 21.8 Å². The molecule has 0 saturated carbocycles. The largest absolute Gasteiger partial charge is 0.493 e. The second kappa shape index (κ2) is 5.29. The predicted molar refractivity (Wildman–Crippen MR) is 58.2 cm³/mol. The van der Waals surface area contributed by atoms with Gasteiger partial charge in [-0.05, 0) is 40.8 Å². The van der Waals surface area contributed by atoms with Crippen LogP contribution in [0.4, 0.5) is 0 Å². The third-order valence-corrected chi connectivity index (χ3v) is 2.13. The Kier molecular flexibility index (Phi) is 4.31. The quantitative estimate of drug-likeness (QED) is 0.630. The molecule has 0 fully saturated rings. The molecule has 0 aliphatic heterocycles. The van der Waals surface area contributed by atoms with E-state index in [-0.39, 0.29) is 6.79 Å². The minimum absolute atomic E-state index is 0.233. The zero-order valence-corrected chi connectivity index (χ0v) is 9.70. The average Bonchev–Trinajstić information content (AvgIpc) is 2.15. The summed E-state index contributed by atoms with van der Waals surface area (Å²) in [5.74, 6) is 1.42. The average molecular weight is 294 g/mol. The molecule has 0 aliphatic carbocycles. The molecular weight excluding hydrogens is 283 g/mol. The zero-order valence-electron chi connectivity index (χ0n) is 7.54. The fourth-order valence-electron chi connectivity index (χ4n) is 0.886. The zero-order chi connectivity index (χ0) is 9.68. The fourth-order valence-corrected chi connectivity index (χ4v) is 1.35. The van der Waals surface area contributed by atoms with Gasteiger partial charge in [0.15, 0.2) is 18.3 Å². The van der Waals surface area contributed by atoms with E-state index in [9.17, 15) is 0 Å². The fraction of sp³-hybridized carbons (Fsp3) is 0.333. The molecule has 0 amide bonds. The lowest BCUT2D eigenvalue weighted by Gasteiger charge is -2.09. The molecule has 0 aromatic heterocycles. The summed E-state index contributed by atoms with van der Waals surface area (Å²) in [6.07, 6.45) is 0. The predicted octanol–water partition coefficient (Wildman–Crippen LogP) is 2.28. The summed E-state index contributed by atoms with van der Waals surface area (Å²) >= 11 is 2.21. The van der Waals surface area contributed by atoms with Crippen LogP contribution in [0.25, 0.3) is 0 Å². The highest BCUT2D eigenvalue weighted by molar-refractivity contribution is 14.1. The summed E-state index contributed by atoms with van der Waals surface area (Å²) in [5.41, 5.74) is 0. The van der Waals surface area contributed by atoms with Crippen LogP contribution in [0.15, 0.2) is 18.2 Å². The smallest absolute Gasteiger partial charge is 0.188 e. The highest BCUT2D eigenvalue weighted by atomic mass is 127. The van der Waals surface area contributed by atoms with Crippen molar-refractivity contribution in [1.82, 2.24) is 0 Å². The molecule has 3 nitrogen and oxygen atoms in total. The Morgan fingerprint density at radius 1 is 1.23 bits per heavy atom. The first-order valence-corrected chi connectivity index (χ1v) is 4.81. The van der Waals surface area contributed by atoms with Crippen molar-refractivity contribution in [1.29, 1.82) is 0 Å². The molecule has 72 valence electrons. The number of hydrogen-bond donors (Lipinski definition) is 0. The first kappa shape index (κ1) is 10.6. The summed E-state index contributed by atoms with van der Waals surface area (Å²) in [4.78, 5) is 0. The lowest BCUT2D eigenvalue weighted by atomic mass is 10.3. The van der Waals surface area contributed by atoms with Gasteiger partial charge in [-0.3, -0.25) is 0 Å². The maximum absolute atomic E-state index is 5.31. The first-order chi connectivity index (χ1) is 6.27. The highest BCUT2D eigenvalue weighted by Crippen LogP contribution is 2.28. The van der Waals surface area contributed by atoms with E-state index in [1.165, 1.54) is 0 Å². The van der Waals surface area contributed by atoms with Crippen LogP contribution in [-0.2, 0) is 4.74 Å². The van der Waals surface area contributed by atoms with Gasteiger partial charge in [-0.25, -0.2) is 0 Å². The van der Waals surface area contributed by atoms with Crippen molar-refractivity contribution < 1.29 is 14.2 Å². The van der Waals surface area contributed by atoms with Gasteiger partial charge in [0.1, 0.15) is 0 Å². The minimum atomic E-state index is 0.233. The lowest BCUT2D eigenvalue weighted by molar-refractivity contribution is 0.0491. The van der Waals surface area contributed by atoms with E-state index >= 15 is 0 Å². The normalized spacial score (nSPS) is 9.77. The highest BCUT2D eigenvalue weighted by Gasteiger charge is 2.03. The van der Waals surface area contributed by atoms with Crippen LogP contribution >= 0.6 is 22.6 Å². The molecule has 13 heavy (non-hydrogen) atoms. The topological polar surface area (TPSA) is 27.7 Å². The van der Waals surface area contributed by atoms with Crippen molar-refractivity contribution in [3.63, 3.8) is 0 Å². The minimum Gasteiger partial charge on any atom is -0.493 e. The molecule has 0 heterocycles. The molecule has 0 atom stereocenters. The van der Waals surface area contributed by atoms with Gasteiger partial charge in [0.05, 0.1) is 7.11 Å². The Morgan fingerprint density at radius 3 is 2.62 bits per heavy atom. The Morgan fingerprint density at radius 2 is 2.00 bits per heavy atom. The van der Waals surface area contributed by atoms with Gasteiger partial charge in [-0.15, -0.1) is 0 Å². The van der Waals surface area contributed by atoms with Gasteiger partial charge < -0.3 is 14.2 Å². The Labute approximate surface area is 91.1 Å². The van der Waals surface area contributed by atoms with E-state index in [1.54, 1.807) is 14.2 Å². The molecular formula is C9H11IO3. The SMILES string of the molecule is COCOc1cc(I)ccc1OC. The second-order valence-corrected chi connectivity index (χ2v) is 3.59. The molecule has 1 aromatic carbocycles. The number of rotatable bonds is 4. The summed E-state index contributed by atoms with van der Waals surface area (Å²) in [5, 5.41) is 0. The lowest BCUT2D eigenvalue weighted by Crippen LogP contribution is -2.00. The van der Waals surface area contributed by atoms with E-state index < -0.39 is 0 Å². The number of methoxy groups -OCH3 is 2. The summed E-state index contributed by atoms with van der Waals surface area (Å²) in [6.45, 7) is 0.233. The van der Waals surface area contributed by atoms with Gasteiger partial charge >= 0.3 is 0 Å². The molecule has 0 unspecified atom stereocenters. The molecule has 1 rings (SSSR count). The second-order valence-electron chi connectivity index (χ2n) is 2.35. The van der Waals surface area contributed by atoms with E-state index in [0.717, 1.165) is 9.32 Å². The maximum Gasteiger partial charge on any atom is 0.188 e. The van der Waals surface area contributed by atoms with Crippen LogP contribution in [0.2, 0.25) is 0 Å². The molecule has 0 aliphatic rings. The van der Waals surface area contributed by atoms with E-state index in [4.69, 9.17) is 14.2 Å². The number of halogens is 1. The van der Waals surface area contributed by atoms with Crippen molar-refractivity contribution in [2.45, 2.75) is 0 Å². The van der Waals surface area contributed by atoms with Crippen LogP contribution in [0.5, 0.6) is 11.5 Å². The van der Waals surface area contributed by atoms with Crippen LogP contribution in [0.3, 0.4) is 0 Å². The number of ether oxygens (including phenoxy) is 3. The Bertz CT molecular complexity index is 276. The molecule has 1 aromatic rings. The van der Waals surface area contributed by atoms with E-state index in [0.29, 0.717) is 5.75 Å². The van der Waals surface area contributed by atoms with Gasteiger partial charge in [0.2, 0.25) is 0 Å². The van der Waals surface area contributed by atoms with Crippen LogP contribution in [0.1, 0.15) is 0 Å². The Hall–Kier alpha value is -0.490.